The smallest absolute Gasteiger partial charge is 0.277 e. The number of aromatic nitrogens is 3. The predicted octanol–water partition coefficient (Wildman–Crippen LogP) is 4.95. The lowest BCUT2D eigenvalue weighted by atomic mass is 10.1. The number of thiazole rings is 1. The van der Waals surface area contributed by atoms with E-state index < -0.39 is 0 Å². The number of aryl methyl sites for hydroxylation is 1. The molecule has 1 N–H and O–H groups in total. The minimum Gasteiger partial charge on any atom is -0.484 e. The van der Waals surface area contributed by atoms with Gasteiger partial charge in [-0.25, -0.2) is 9.37 Å². The molecule has 0 aliphatic rings. The minimum atomic E-state index is -0.341. The molecule has 1 amide bonds. The summed E-state index contributed by atoms with van der Waals surface area (Å²) in [5, 5.41) is 13.2. The van der Waals surface area contributed by atoms with Crippen molar-refractivity contribution in [3.63, 3.8) is 0 Å². The van der Waals surface area contributed by atoms with Crippen molar-refractivity contribution < 1.29 is 18.3 Å². The lowest BCUT2D eigenvalue weighted by molar-refractivity contribution is -0.113. The maximum absolute atomic E-state index is 12.9. The summed E-state index contributed by atoms with van der Waals surface area (Å²) < 4.78 is 23.8. The van der Waals surface area contributed by atoms with Gasteiger partial charge in [0, 0.05) is 10.9 Å². The van der Waals surface area contributed by atoms with Crippen molar-refractivity contribution in [3.8, 4) is 17.0 Å². The first kappa shape index (κ1) is 21.0. The number of carbonyl (C=O) groups is 1. The van der Waals surface area contributed by atoms with Crippen LogP contribution in [0.3, 0.4) is 0 Å². The highest BCUT2D eigenvalue weighted by Gasteiger charge is 2.12. The van der Waals surface area contributed by atoms with Crippen molar-refractivity contribution in [2.24, 2.45) is 0 Å². The lowest BCUT2D eigenvalue weighted by Gasteiger charge is -2.02. The van der Waals surface area contributed by atoms with E-state index in [4.69, 9.17) is 9.15 Å². The average molecular weight is 457 g/mol. The Kier molecular flexibility index (Phi) is 6.58. The number of ether oxygens (including phenoxy) is 1. The van der Waals surface area contributed by atoms with E-state index in [9.17, 15) is 9.18 Å². The normalized spacial score (nSPS) is 10.8. The highest BCUT2D eigenvalue weighted by atomic mass is 32.2. The van der Waals surface area contributed by atoms with Crippen LogP contribution in [0.4, 0.5) is 9.52 Å². The molecule has 2 aromatic heterocycles. The molecule has 0 atom stereocenters. The number of rotatable bonds is 8. The summed E-state index contributed by atoms with van der Waals surface area (Å²) in [4.78, 5) is 16.7. The summed E-state index contributed by atoms with van der Waals surface area (Å²) >= 11 is 2.48. The number of nitrogens with zero attached hydrogens (tertiary/aromatic N) is 3. The number of anilines is 1. The Morgan fingerprint density at radius 1 is 1.16 bits per heavy atom. The highest BCUT2D eigenvalue weighted by Crippen LogP contribution is 2.25. The van der Waals surface area contributed by atoms with Gasteiger partial charge < -0.3 is 14.5 Å². The summed E-state index contributed by atoms with van der Waals surface area (Å²) in [6.45, 7) is 2.07. The van der Waals surface area contributed by atoms with Crippen LogP contribution >= 0.6 is 23.1 Å². The molecule has 0 aliphatic heterocycles. The van der Waals surface area contributed by atoms with Gasteiger partial charge in [0.2, 0.25) is 5.91 Å². The van der Waals surface area contributed by atoms with Crippen LogP contribution < -0.4 is 10.1 Å². The van der Waals surface area contributed by atoms with E-state index in [-0.39, 0.29) is 35.2 Å². The van der Waals surface area contributed by atoms with E-state index in [0.717, 1.165) is 23.0 Å². The number of nitrogens with one attached hydrogen (secondary N) is 1. The Morgan fingerprint density at radius 3 is 2.71 bits per heavy atom. The summed E-state index contributed by atoms with van der Waals surface area (Å²) in [6, 6.07) is 13.7. The third-order valence-electron chi connectivity index (χ3n) is 4.05. The first-order valence-corrected chi connectivity index (χ1v) is 11.1. The van der Waals surface area contributed by atoms with Crippen molar-refractivity contribution in [1.29, 1.82) is 0 Å². The SMILES string of the molecule is Cc1ccc(-c2csc(NC(=O)CSc3nnc(COc4ccc(F)cc4)o3)n2)cc1. The number of thioether (sulfide) groups is 1. The van der Waals surface area contributed by atoms with Crippen molar-refractivity contribution >= 4 is 34.1 Å². The largest absolute Gasteiger partial charge is 0.484 e. The molecule has 0 saturated carbocycles. The van der Waals surface area contributed by atoms with Crippen molar-refractivity contribution in [2.45, 2.75) is 18.8 Å². The predicted molar refractivity (Wildman–Crippen MR) is 117 cm³/mol. The van der Waals surface area contributed by atoms with E-state index >= 15 is 0 Å². The Balaban J connectivity index is 1.25. The summed E-state index contributed by atoms with van der Waals surface area (Å²) in [7, 11) is 0. The van der Waals surface area contributed by atoms with Crippen LogP contribution in [0.5, 0.6) is 5.75 Å². The Bertz CT molecular complexity index is 1160. The molecule has 2 aromatic carbocycles. The fourth-order valence-corrected chi connectivity index (χ4v) is 3.82. The Labute approximate surface area is 185 Å². The van der Waals surface area contributed by atoms with E-state index in [1.54, 1.807) is 0 Å². The molecular formula is C21H17FN4O3S2. The Morgan fingerprint density at radius 2 is 1.94 bits per heavy atom. The van der Waals surface area contributed by atoms with E-state index in [1.807, 2.05) is 36.6 Å². The molecule has 10 heteroatoms. The molecule has 0 bridgehead atoms. The molecule has 7 nitrogen and oxygen atoms in total. The maximum Gasteiger partial charge on any atom is 0.277 e. The van der Waals surface area contributed by atoms with Gasteiger partial charge in [-0.15, -0.1) is 21.5 Å². The van der Waals surface area contributed by atoms with E-state index in [2.05, 4.69) is 20.5 Å². The van der Waals surface area contributed by atoms with Crippen molar-refractivity contribution in [2.75, 3.05) is 11.1 Å². The molecule has 0 radical (unpaired) electrons. The molecule has 4 aromatic rings. The molecule has 0 spiro atoms. The number of halogens is 1. The van der Waals surface area contributed by atoms with Gasteiger partial charge in [-0.2, -0.15) is 0 Å². The molecule has 31 heavy (non-hydrogen) atoms. The quantitative estimate of drug-likeness (QED) is 0.375. The number of hydrogen-bond acceptors (Lipinski definition) is 8. The monoisotopic (exact) mass is 456 g/mol. The molecule has 0 aliphatic carbocycles. The molecular weight excluding hydrogens is 439 g/mol. The average Bonchev–Trinajstić information content (AvgIpc) is 3.42. The molecule has 2 heterocycles. The molecule has 0 fully saturated rings. The fraction of sp³-hybridized carbons (Fsp3) is 0.143. The van der Waals surface area contributed by atoms with Crippen LogP contribution in [-0.4, -0.2) is 26.8 Å². The summed E-state index contributed by atoms with van der Waals surface area (Å²) in [5.74, 6) is 0.278. The van der Waals surface area contributed by atoms with Gasteiger partial charge >= 0.3 is 0 Å². The van der Waals surface area contributed by atoms with Gasteiger partial charge in [0.25, 0.3) is 11.1 Å². The number of amides is 1. The molecule has 158 valence electrons. The minimum absolute atomic E-state index is 0.0479. The first-order chi connectivity index (χ1) is 15.0. The third-order valence-corrected chi connectivity index (χ3v) is 5.63. The second kappa shape index (κ2) is 9.71. The van der Waals surface area contributed by atoms with Gasteiger partial charge in [-0.3, -0.25) is 4.79 Å². The van der Waals surface area contributed by atoms with Crippen LogP contribution in [0, 0.1) is 12.7 Å². The van der Waals surface area contributed by atoms with Gasteiger partial charge in [0.15, 0.2) is 11.7 Å². The van der Waals surface area contributed by atoms with Gasteiger partial charge in [0.1, 0.15) is 11.6 Å². The fourth-order valence-electron chi connectivity index (χ4n) is 2.50. The topological polar surface area (TPSA) is 90.1 Å². The first-order valence-electron chi connectivity index (χ1n) is 9.21. The zero-order chi connectivity index (χ0) is 21.6. The zero-order valence-corrected chi connectivity index (χ0v) is 18.0. The van der Waals surface area contributed by atoms with Crippen LogP contribution in [0.2, 0.25) is 0 Å². The third kappa shape index (κ3) is 5.89. The number of carbonyl (C=O) groups excluding carboxylic acids is 1. The molecule has 4 rings (SSSR count). The second-order valence-corrected chi connectivity index (χ2v) is 8.23. The Hall–Kier alpha value is -3.24. The van der Waals surface area contributed by atoms with Gasteiger partial charge in [-0.05, 0) is 31.2 Å². The van der Waals surface area contributed by atoms with E-state index in [0.29, 0.717) is 10.9 Å². The lowest BCUT2D eigenvalue weighted by Crippen LogP contribution is -2.13. The molecule has 0 unspecified atom stereocenters. The van der Waals surface area contributed by atoms with Crippen LogP contribution in [0.25, 0.3) is 11.3 Å². The maximum atomic E-state index is 12.9. The van der Waals surface area contributed by atoms with Crippen LogP contribution in [0.15, 0.2) is 63.6 Å². The summed E-state index contributed by atoms with van der Waals surface area (Å²) in [5.41, 5.74) is 2.99. The number of benzene rings is 2. The van der Waals surface area contributed by atoms with Crippen molar-refractivity contribution in [1.82, 2.24) is 15.2 Å². The standard InChI is InChI=1S/C21H17FN4O3S2/c1-13-2-4-14(5-3-13)17-11-30-20(23-17)24-18(27)12-31-21-26-25-19(29-21)10-28-16-8-6-15(22)7-9-16/h2-9,11H,10,12H2,1H3,(H,23,24,27). The highest BCUT2D eigenvalue weighted by molar-refractivity contribution is 7.99. The van der Waals surface area contributed by atoms with Gasteiger partial charge in [0.05, 0.1) is 11.4 Å². The van der Waals surface area contributed by atoms with Crippen LogP contribution in [0.1, 0.15) is 11.5 Å². The zero-order valence-electron chi connectivity index (χ0n) is 16.4. The van der Waals surface area contributed by atoms with Crippen molar-refractivity contribution in [3.05, 3.63) is 71.2 Å². The van der Waals surface area contributed by atoms with Crippen LogP contribution in [-0.2, 0) is 11.4 Å². The second-order valence-electron chi connectivity index (χ2n) is 6.45. The molecule has 0 saturated heterocycles. The summed E-state index contributed by atoms with van der Waals surface area (Å²) in [6.07, 6.45) is 0. The number of hydrogen-bond donors (Lipinski definition) is 1. The van der Waals surface area contributed by atoms with E-state index in [1.165, 1.54) is 41.2 Å². The van der Waals surface area contributed by atoms with Gasteiger partial charge in [-0.1, -0.05) is 41.6 Å².